The Bertz CT molecular complexity index is 5790. The molecule has 16 aromatic carbocycles. The molecule has 0 unspecified atom stereocenters. The number of hydrogen-bond donors (Lipinski definition) is 0. The minimum atomic E-state index is -0.238. The standard InChI is InChI=1S/C97H72N2/c1-95(2)87-51-61(31-33-63-37-47-81-83-49-43-73(59-91(83)96(3,4)89(81)53-63)98(71-41-39-65-19-7-9-21-67(65)55-71)93-57-69-23-11-13-25-75(69)77-27-15-17-29-85(77)93)35-45-79(87)80-46-36-62(52-88(80)95)32-34-64-38-48-82-84-50-44-74(60-92(84)97(5,6)90(82)54-64)99(72-42-40-66-20-8-10-22-68(66)56-72)94-58-70-24-12-14-26-76(70)78-28-16-18-30-86(78)94/h7-60H,1-6H3. The van der Waals surface area contributed by atoms with E-state index in [4.69, 9.17) is 0 Å². The topological polar surface area (TPSA) is 6.48 Å². The van der Waals surface area contributed by atoms with E-state index >= 15 is 0 Å². The van der Waals surface area contributed by atoms with Crippen molar-refractivity contribution >= 4 is 123 Å². The molecule has 0 bridgehead atoms. The van der Waals surface area contributed by atoms with E-state index in [1.807, 2.05) is 0 Å². The van der Waals surface area contributed by atoms with Gasteiger partial charge in [0.25, 0.3) is 0 Å². The van der Waals surface area contributed by atoms with E-state index in [1.165, 1.54) is 165 Å². The van der Waals surface area contributed by atoms with Crippen molar-refractivity contribution in [2.24, 2.45) is 0 Å². The predicted octanol–water partition coefficient (Wildman–Crippen LogP) is 26.8. The van der Waals surface area contributed by atoms with Crippen LogP contribution in [0.3, 0.4) is 0 Å². The average molecular weight is 1270 g/mol. The van der Waals surface area contributed by atoms with Gasteiger partial charge >= 0.3 is 0 Å². The summed E-state index contributed by atoms with van der Waals surface area (Å²) in [6.45, 7) is 14.4. The van der Waals surface area contributed by atoms with Crippen molar-refractivity contribution in [3.05, 3.63) is 359 Å². The van der Waals surface area contributed by atoms with Crippen molar-refractivity contribution in [2.75, 3.05) is 9.80 Å². The largest absolute Gasteiger partial charge is 0.310 e. The highest BCUT2D eigenvalue weighted by Crippen LogP contribution is 2.55. The molecule has 0 saturated heterocycles. The molecule has 0 spiro atoms. The van der Waals surface area contributed by atoms with E-state index in [1.54, 1.807) is 0 Å². The predicted molar refractivity (Wildman–Crippen MR) is 424 cm³/mol. The van der Waals surface area contributed by atoms with E-state index in [0.29, 0.717) is 0 Å². The molecule has 0 aliphatic heterocycles. The molecule has 3 aliphatic rings. The Morgan fingerprint density at radius 2 is 0.455 bits per heavy atom. The van der Waals surface area contributed by atoms with Crippen LogP contribution in [0.25, 0.3) is 122 Å². The third-order valence-electron chi connectivity index (χ3n) is 22.5. The summed E-state index contributed by atoms with van der Waals surface area (Å²) in [6, 6.07) is 114. The number of nitrogens with zero attached hydrogens (tertiary/aromatic N) is 2. The molecule has 2 nitrogen and oxygen atoms in total. The zero-order valence-corrected chi connectivity index (χ0v) is 56.6. The van der Waals surface area contributed by atoms with Crippen LogP contribution in [-0.4, -0.2) is 0 Å². The third-order valence-corrected chi connectivity index (χ3v) is 22.5. The summed E-state index contributed by atoms with van der Waals surface area (Å²) in [5.41, 5.74) is 27.0. The number of anilines is 6. The highest BCUT2D eigenvalue weighted by molar-refractivity contribution is 6.16. The van der Waals surface area contributed by atoms with Gasteiger partial charge in [0.05, 0.1) is 11.4 Å². The monoisotopic (exact) mass is 1260 g/mol. The molecule has 19 rings (SSSR count). The Morgan fingerprint density at radius 1 is 0.202 bits per heavy atom. The van der Waals surface area contributed by atoms with Gasteiger partial charge in [-0.25, -0.2) is 0 Å². The van der Waals surface area contributed by atoms with Gasteiger partial charge in [-0.05, 0) is 204 Å². The van der Waals surface area contributed by atoms with Crippen LogP contribution in [0.4, 0.5) is 34.1 Å². The van der Waals surface area contributed by atoms with E-state index < -0.39 is 0 Å². The molecule has 2 heteroatoms. The highest BCUT2D eigenvalue weighted by Gasteiger charge is 2.39. The SMILES string of the molecule is CC1(C)c2cc(C=Cc3ccc4c(c3)C(C)(C)c3cc(N(c5ccc6ccccc6c5)c5cc6ccccc6c6ccccc56)ccc3-4)ccc2-c2ccc(C=Cc3ccc4c(c3)C(C)(C)c3cc(N(c5ccc6ccccc6c5)c5cc6ccccc6c6ccccc56)ccc3-4)cc21. The van der Waals surface area contributed by atoms with E-state index in [-0.39, 0.29) is 16.2 Å². The Labute approximate surface area is 579 Å². The first-order valence-corrected chi connectivity index (χ1v) is 34.9. The summed E-state index contributed by atoms with van der Waals surface area (Å²) >= 11 is 0. The minimum absolute atomic E-state index is 0.181. The molecular weight excluding hydrogens is 1190 g/mol. The summed E-state index contributed by atoms with van der Waals surface area (Å²) in [5, 5.41) is 14.9. The average Bonchev–Trinajstić information content (AvgIpc) is 1.65. The van der Waals surface area contributed by atoms with Crippen molar-refractivity contribution < 1.29 is 0 Å². The molecule has 0 amide bonds. The zero-order chi connectivity index (χ0) is 66.5. The second-order valence-corrected chi connectivity index (χ2v) is 29.3. The Balaban J connectivity index is 0.589. The lowest BCUT2D eigenvalue weighted by molar-refractivity contribution is 0.660. The van der Waals surface area contributed by atoms with Crippen LogP contribution in [0.15, 0.2) is 303 Å². The first-order valence-electron chi connectivity index (χ1n) is 34.9. The molecule has 0 saturated carbocycles. The van der Waals surface area contributed by atoms with Crippen molar-refractivity contribution in [3.8, 4) is 33.4 Å². The molecule has 0 fully saturated rings. The smallest absolute Gasteiger partial charge is 0.0546 e. The van der Waals surface area contributed by atoms with E-state index in [0.717, 1.165) is 22.7 Å². The van der Waals surface area contributed by atoms with E-state index in [9.17, 15) is 0 Å². The number of benzene rings is 16. The fourth-order valence-electron chi connectivity index (χ4n) is 17.3. The first kappa shape index (κ1) is 58.5. The Morgan fingerprint density at radius 3 is 0.798 bits per heavy atom. The molecule has 3 aliphatic carbocycles. The third kappa shape index (κ3) is 9.30. The lowest BCUT2D eigenvalue weighted by Crippen LogP contribution is -2.17. The fraction of sp³-hybridized carbons (Fsp3) is 0.0928. The highest BCUT2D eigenvalue weighted by atomic mass is 15.2. The van der Waals surface area contributed by atoms with Crippen molar-refractivity contribution in [1.29, 1.82) is 0 Å². The van der Waals surface area contributed by atoms with Crippen molar-refractivity contribution in [1.82, 2.24) is 0 Å². The van der Waals surface area contributed by atoms with E-state index in [2.05, 4.69) is 379 Å². The van der Waals surface area contributed by atoms with Crippen LogP contribution in [0.2, 0.25) is 0 Å². The Kier molecular flexibility index (Phi) is 13.1. The van der Waals surface area contributed by atoms with Gasteiger partial charge in [0.2, 0.25) is 0 Å². The normalized spacial score (nSPS) is 14.3. The van der Waals surface area contributed by atoms with Gasteiger partial charge in [-0.15, -0.1) is 0 Å². The van der Waals surface area contributed by atoms with Crippen LogP contribution in [0, 0.1) is 0 Å². The molecule has 0 atom stereocenters. The summed E-state index contributed by atoms with van der Waals surface area (Å²) < 4.78 is 0. The van der Waals surface area contributed by atoms with Gasteiger partial charge in [-0.3, -0.25) is 0 Å². The summed E-state index contributed by atoms with van der Waals surface area (Å²) in [7, 11) is 0. The summed E-state index contributed by atoms with van der Waals surface area (Å²) in [5.74, 6) is 0. The minimum Gasteiger partial charge on any atom is -0.310 e. The maximum absolute atomic E-state index is 2.49. The molecule has 0 radical (unpaired) electrons. The summed E-state index contributed by atoms with van der Waals surface area (Å²) in [6.07, 6.45) is 9.23. The zero-order valence-electron chi connectivity index (χ0n) is 56.6. The van der Waals surface area contributed by atoms with Gasteiger partial charge in [0.15, 0.2) is 0 Å². The lowest BCUT2D eigenvalue weighted by Gasteiger charge is -2.30. The van der Waals surface area contributed by atoms with Crippen LogP contribution in [0.5, 0.6) is 0 Å². The lowest BCUT2D eigenvalue weighted by atomic mass is 9.81. The molecule has 470 valence electrons. The van der Waals surface area contributed by atoms with Crippen LogP contribution >= 0.6 is 0 Å². The molecule has 16 aromatic rings. The van der Waals surface area contributed by atoms with Gasteiger partial charge in [-0.2, -0.15) is 0 Å². The molecule has 99 heavy (non-hydrogen) atoms. The molecule has 0 heterocycles. The quantitative estimate of drug-likeness (QED) is 0.0995. The number of rotatable bonds is 10. The van der Waals surface area contributed by atoms with Crippen LogP contribution < -0.4 is 9.80 Å². The maximum atomic E-state index is 2.49. The van der Waals surface area contributed by atoms with Gasteiger partial charge in [0, 0.05) is 49.8 Å². The van der Waals surface area contributed by atoms with Crippen LogP contribution in [-0.2, 0) is 16.2 Å². The maximum Gasteiger partial charge on any atom is 0.0546 e. The van der Waals surface area contributed by atoms with Crippen LogP contribution in [0.1, 0.15) is 97.2 Å². The molecule has 0 aromatic heterocycles. The fourth-order valence-corrected chi connectivity index (χ4v) is 17.3. The first-order chi connectivity index (χ1) is 48.3. The van der Waals surface area contributed by atoms with Crippen molar-refractivity contribution in [2.45, 2.75) is 57.8 Å². The summed E-state index contributed by atoms with van der Waals surface area (Å²) in [4.78, 5) is 4.97. The number of fused-ring (bicyclic) bond motifs is 17. The van der Waals surface area contributed by atoms with Gasteiger partial charge in [0.1, 0.15) is 0 Å². The molecular formula is C97H72N2. The van der Waals surface area contributed by atoms with Gasteiger partial charge in [-0.1, -0.05) is 309 Å². The second kappa shape index (κ2) is 22.1. The molecule has 0 N–H and O–H groups in total. The van der Waals surface area contributed by atoms with Crippen molar-refractivity contribution in [3.63, 3.8) is 0 Å². The second-order valence-electron chi connectivity index (χ2n) is 29.3. The number of hydrogen-bond acceptors (Lipinski definition) is 2. The Hall–Kier alpha value is -11.8. The van der Waals surface area contributed by atoms with Gasteiger partial charge < -0.3 is 9.80 Å².